The number of carbonyl (C=O) groups is 1. The van der Waals surface area contributed by atoms with Gasteiger partial charge in [0, 0.05) is 0 Å². The van der Waals surface area contributed by atoms with Gasteiger partial charge in [0.1, 0.15) is 5.75 Å². The maximum absolute atomic E-state index is 12.3. The van der Waals surface area contributed by atoms with Crippen molar-refractivity contribution in [1.82, 2.24) is 0 Å². The number of para-hydroxylation sites is 1. The van der Waals surface area contributed by atoms with Gasteiger partial charge in [-0.2, -0.15) is 0 Å². The summed E-state index contributed by atoms with van der Waals surface area (Å²) in [6, 6.07) is 8.95. The number of esters is 1. The van der Waals surface area contributed by atoms with Gasteiger partial charge >= 0.3 is 5.97 Å². The second-order valence-corrected chi connectivity index (χ2v) is 5.32. The molecule has 0 amide bonds. The van der Waals surface area contributed by atoms with Crippen LogP contribution in [0.1, 0.15) is 45.4 Å². The topological polar surface area (TPSA) is 46.5 Å². The summed E-state index contributed by atoms with van der Waals surface area (Å²) in [4.78, 5) is 12.3. The van der Waals surface area contributed by atoms with Crippen LogP contribution in [0.25, 0.3) is 0 Å². The lowest BCUT2D eigenvalue weighted by Gasteiger charge is -2.35. The molecule has 1 aromatic carbocycles. The summed E-state index contributed by atoms with van der Waals surface area (Å²) >= 11 is 0. The third-order valence-electron chi connectivity index (χ3n) is 4.13. The molecule has 1 N–H and O–H groups in total. The Bertz CT molecular complexity index is 409. The van der Waals surface area contributed by atoms with Gasteiger partial charge in [-0.3, -0.25) is 0 Å². The molecule has 0 heterocycles. The molecule has 1 aromatic rings. The van der Waals surface area contributed by atoms with E-state index in [4.69, 9.17) is 4.74 Å². The third kappa shape index (κ3) is 3.16. The van der Waals surface area contributed by atoms with Crippen molar-refractivity contribution >= 4 is 5.97 Å². The highest BCUT2D eigenvalue weighted by Crippen LogP contribution is 2.35. The van der Waals surface area contributed by atoms with E-state index >= 15 is 0 Å². The van der Waals surface area contributed by atoms with Crippen LogP contribution in [0.3, 0.4) is 0 Å². The van der Waals surface area contributed by atoms with Crippen LogP contribution < -0.4 is 4.74 Å². The number of benzene rings is 1. The van der Waals surface area contributed by atoms with Crippen molar-refractivity contribution in [2.24, 2.45) is 5.92 Å². The Morgan fingerprint density at radius 3 is 2.47 bits per heavy atom. The van der Waals surface area contributed by atoms with Gasteiger partial charge in [-0.1, -0.05) is 44.4 Å². The van der Waals surface area contributed by atoms with Crippen LogP contribution in [0, 0.1) is 5.92 Å². The molecule has 1 saturated carbocycles. The molecule has 0 radical (unpaired) electrons. The van der Waals surface area contributed by atoms with Gasteiger partial charge < -0.3 is 9.84 Å². The number of carbonyl (C=O) groups excluding carboxylic acids is 1. The van der Waals surface area contributed by atoms with Gasteiger partial charge in [-0.05, 0) is 37.3 Å². The van der Waals surface area contributed by atoms with E-state index in [1.807, 2.05) is 25.1 Å². The number of ether oxygens (including phenoxy) is 1. The highest BCUT2D eigenvalue weighted by Gasteiger charge is 2.44. The Labute approximate surface area is 114 Å². The van der Waals surface area contributed by atoms with E-state index in [2.05, 4.69) is 0 Å². The minimum absolute atomic E-state index is 0.0301. The molecule has 1 unspecified atom stereocenters. The van der Waals surface area contributed by atoms with Crippen molar-refractivity contribution in [2.45, 2.75) is 51.0 Å². The molecule has 1 fully saturated rings. The summed E-state index contributed by atoms with van der Waals surface area (Å²) in [5.74, 6) is 0.0192. The maximum Gasteiger partial charge on any atom is 0.343 e. The lowest BCUT2D eigenvalue weighted by Crippen LogP contribution is -2.48. The Morgan fingerprint density at radius 2 is 1.89 bits per heavy atom. The van der Waals surface area contributed by atoms with Crippen molar-refractivity contribution in [3.63, 3.8) is 0 Å². The van der Waals surface area contributed by atoms with E-state index in [-0.39, 0.29) is 5.92 Å². The molecule has 3 heteroatoms. The highest BCUT2D eigenvalue weighted by atomic mass is 16.6. The normalized spacial score (nSPS) is 19.7. The standard InChI is InChI=1S/C16H22O3/c1-2-16(18,13-9-5-3-6-10-13)15(17)19-14-11-7-4-8-12-14/h4,7-8,11-13,18H,2-3,5-6,9-10H2,1H3. The number of hydrogen-bond acceptors (Lipinski definition) is 3. The lowest BCUT2D eigenvalue weighted by molar-refractivity contribution is -0.163. The largest absolute Gasteiger partial charge is 0.424 e. The summed E-state index contributed by atoms with van der Waals surface area (Å²) in [5.41, 5.74) is -1.34. The zero-order chi connectivity index (χ0) is 13.7. The average molecular weight is 262 g/mol. The Morgan fingerprint density at radius 1 is 1.26 bits per heavy atom. The molecule has 0 spiro atoms. The van der Waals surface area contributed by atoms with E-state index < -0.39 is 11.6 Å². The van der Waals surface area contributed by atoms with E-state index in [1.165, 1.54) is 6.42 Å². The van der Waals surface area contributed by atoms with Gasteiger partial charge in [-0.25, -0.2) is 4.79 Å². The molecule has 104 valence electrons. The van der Waals surface area contributed by atoms with Crippen LogP contribution in [0.4, 0.5) is 0 Å². The van der Waals surface area contributed by atoms with Gasteiger partial charge in [0.15, 0.2) is 5.60 Å². The van der Waals surface area contributed by atoms with Crippen molar-refractivity contribution in [3.8, 4) is 5.75 Å². The van der Waals surface area contributed by atoms with Crippen molar-refractivity contribution < 1.29 is 14.6 Å². The molecule has 0 saturated heterocycles. The fourth-order valence-corrected chi connectivity index (χ4v) is 2.86. The van der Waals surface area contributed by atoms with Crippen LogP contribution in [0.15, 0.2) is 30.3 Å². The molecule has 2 rings (SSSR count). The maximum atomic E-state index is 12.3. The van der Waals surface area contributed by atoms with Crippen molar-refractivity contribution in [1.29, 1.82) is 0 Å². The third-order valence-corrected chi connectivity index (χ3v) is 4.13. The first kappa shape index (κ1) is 14.1. The minimum Gasteiger partial charge on any atom is -0.424 e. The van der Waals surface area contributed by atoms with Crippen LogP contribution in [-0.4, -0.2) is 16.7 Å². The Kier molecular flexibility index (Phi) is 4.59. The summed E-state index contributed by atoms with van der Waals surface area (Å²) < 4.78 is 5.33. The quantitative estimate of drug-likeness (QED) is 0.669. The monoisotopic (exact) mass is 262 g/mol. The SMILES string of the molecule is CCC(O)(C(=O)Oc1ccccc1)C1CCCCC1. The van der Waals surface area contributed by atoms with E-state index in [0.29, 0.717) is 12.2 Å². The predicted octanol–water partition coefficient (Wildman–Crippen LogP) is 3.31. The zero-order valence-corrected chi connectivity index (χ0v) is 11.5. The lowest BCUT2D eigenvalue weighted by atomic mass is 9.75. The van der Waals surface area contributed by atoms with Crippen LogP contribution >= 0.6 is 0 Å². The number of hydrogen-bond donors (Lipinski definition) is 1. The Balaban J connectivity index is 2.09. The molecule has 1 atom stereocenters. The smallest absolute Gasteiger partial charge is 0.343 e. The minimum atomic E-state index is -1.34. The molecule has 1 aliphatic carbocycles. The number of aliphatic hydroxyl groups is 1. The molecule has 3 nitrogen and oxygen atoms in total. The van der Waals surface area contributed by atoms with Gasteiger partial charge in [0.25, 0.3) is 0 Å². The average Bonchev–Trinajstić information content (AvgIpc) is 2.48. The summed E-state index contributed by atoms with van der Waals surface area (Å²) in [6.07, 6.45) is 5.60. The van der Waals surface area contributed by atoms with E-state index in [9.17, 15) is 9.90 Å². The van der Waals surface area contributed by atoms with Gasteiger partial charge in [0.05, 0.1) is 0 Å². The zero-order valence-electron chi connectivity index (χ0n) is 11.5. The van der Waals surface area contributed by atoms with E-state index in [0.717, 1.165) is 25.7 Å². The summed E-state index contributed by atoms with van der Waals surface area (Å²) in [5, 5.41) is 10.7. The predicted molar refractivity (Wildman–Crippen MR) is 73.9 cm³/mol. The first-order valence-corrected chi connectivity index (χ1v) is 7.16. The first-order chi connectivity index (χ1) is 9.16. The number of rotatable bonds is 4. The second kappa shape index (κ2) is 6.20. The summed E-state index contributed by atoms with van der Waals surface area (Å²) in [6.45, 7) is 1.85. The second-order valence-electron chi connectivity index (χ2n) is 5.32. The van der Waals surface area contributed by atoms with E-state index in [1.54, 1.807) is 12.1 Å². The molecule has 0 aliphatic heterocycles. The van der Waals surface area contributed by atoms with Crippen LogP contribution in [-0.2, 0) is 4.79 Å². The summed E-state index contributed by atoms with van der Waals surface area (Å²) in [7, 11) is 0. The van der Waals surface area contributed by atoms with Crippen molar-refractivity contribution in [2.75, 3.05) is 0 Å². The molecule has 1 aliphatic rings. The Hall–Kier alpha value is -1.35. The fourth-order valence-electron chi connectivity index (χ4n) is 2.86. The molecule has 0 aromatic heterocycles. The molecule has 0 bridgehead atoms. The first-order valence-electron chi connectivity index (χ1n) is 7.16. The highest BCUT2D eigenvalue weighted by molar-refractivity contribution is 5.81. The molecule has 19 heavy (non-hydrogen) atoms. The molecular weight excluding hydrogens is 240 g/mol. The van der Waals surface area contributed by atoms with Gasteiger partial charge in [0.2, 0.25) is 0 Å². The fraction of sp³-hybridized carbons (Fsp3) is 0.562. The van der Waals surface area contributed by atoms with Gasteiger partial charge in [-0.15, -0.1) is 0 Å². The molecular formula is C16H22O3. The van der Waals surface area contributed by atoms with Crippen LogP contribution in [0.5, 0.6) is 5.75 Å². The van der Waals surface area contributed by atoms with Crippen LogP contribution in [0.2, 0.25) is 0 Å². The van der Waals surface area contributed by atoms with Crippen molar-refractivity contribution in [3.05, 3.63) is 30.3 Å².